The number of carboxylic acids is 1. The zero-order chi connectivity index (χ0) is 14.7. The first-order valence-electron chi connectivity index (χ1n) is 5.25. The zero-order valence-electron chi connectivity index (χ0n) is 10.1. The van der Waals surface area contributed by atoms with Gasteiger partial charge < -0.3 is 31.5 Å². The van der Waals surface area contributed by atoms with E-state index < -0.39 is 30.3 Å². The Balaban J connectivity index is 3.58. The predicted octanol–water partition coefficient (Wildman–Crippen LogP) is -3.65. The summed E-state index contributed by atoms with van der Waals surface area (Å²) in [5, 5.41) is 14.9. The molecule has 108 valence electrons. The minimum Gasteiger partial charge on any atom is -0.480 e. The number of carbonyl (C=O) groups is 4. The summed E-state index contributed by atoms with van der Waals surface area (Å²) >= 11 is 0. The van der Waals surface area contributed by atoms with Crippen LogP contribution in [0.5, 0.6) is 0 Å². The van der Waals surface area contributed by atoms with Crippen molar-refractivity contribution in [3.63, 3.8) is 0 Å². The van der Waals surface area contributed by atoms with Crippen molar-refractivity contribution in [1.82, 2.24) is 16.0 Å². The largest absolute Gasteiger partial charge is 0.480 e. The van der Waals surface area contributed by atoms with Gasteiger partial charge in [-0.1, -0.05) is 0 Å². The molecule has 0 bridgehead atoms. The van der Waals surface area contributed by atoms with E-state index in [0.29, 0.717) is 0 Å². The zero-order valence-corrected chi connectivity index (χ0v) is 10.1. The number of nitrogens with one attached hydrogen (secondary N) is 3. The summed E-state index contributed by atoms with van der Waals surface area (Å²) in [6.07, 6.45) is 0. The molecular formula is C9H16N4O6. The Morgan fingerprint density at radius 3 is 2.00 bits per heavy atom. The molecule has 0 aliphatic carbocycles. The van der Waals surface area contributed by atoms with E-state index in [1.807, 2.05) is 0 Å². The molecule has 0 radical (unpaired) electrons. The normalized spacial score (nSPS) is 9.53. The molecule has 0 aliphatic rings. The Morgan fingerprint density at radius 2 is 1.47 bits per heavy atom. The topological polar surface area (TPSA) is 160 Å². The number of carboxylic acid groups (broad SMARTS) is 1. The van der Waals surface area contributed by atoms with Crippen LogP contribution in [0.15, 0.2) is 0 Å². The second kappa shape index (κ2) is 9.79. The van der Waals surface area contributed by atoms with Gasteiger partial charge in [0.15, 0.2) is 0 Å². The fourth-order valence-electron chi connectivity index (χ4n) is 0.825. The van der Waals surface area contributed by atoms with Gasteiger partial charge in [-0.2, -0.15) is 0 Å². The lowest BCUT2D eigenvalue weighted by molar-refractivity contribution is -0.143. The maximum absolute atomic E-state index is 11.1. The molecule has 0 rings (SSSR count). The van der Waals surface area contributed by atoms with Crippen LogP contribution in [0.1, 0.15) is 0 Å². The van der Waals surface area contributed by atoms with Gasteiger partial charge in [-0.05, 0) is 0 Å². The minimum absolute atomic E-state index is 0.227. The van der Waals surface area contributed by atoms with Gasteiger partial charge >= 0.3 is 5.97 Å². The average Bonchev–Trinajstić information content (AvgIpc) is 2.38. The Bertz CT molecular complexity index is 346. The highest BCUT2D eigenvalue weighted by Crippen LogP contribution is 1.73. The van der Waals surface area contributed by atoms with E-state index in [4.69, 9.17) is 10.8 Å². The number of rotatable bonds is 9. The van der Waals surface area contributed by atoms with Gasteiger partial charge in [0.25, 0.3) is 0 Å². The van der Waals surface area contributed by atoms with Gasteiger partial charge in [-0.3, -0.25) is 14.4 Å². The van der Waals surface area contributed by atoms with Crippen LogP contribution in [0, 0.1) is 0 Å². The van der Waals surface area contributed by atoms with Gasteiger partial charge in [-0.25, -0.2) is 4.79 Å². The molecule has 10 heteroatoms. The average molecular weight is 276 g/mol. The molecule has 0 unspecified atom stereocenters. The molecule has 0 aromatic rings. The van der Waals surface area contributed by atoms with Crippen LogP contribution in [-0.4, -0.2) is 61.8 Å². The van der Waals surface area contributed by atoms with Gasteiger partial charge in [-0.15, -0.1) is 0 Å². The second-order valence-electron chi connectivity index (χ2n) is 3.24. The van der Waals surface area contributed by atoms with Crippen molar-refractivity contribution < 1.29 is 29.0 Å². The first-order chi connectivity index (χ1) is 8.95. The second-order valence-corrected chi connectivity index (χ2v) is 3.24. The third kappa shape index (κ3) is 10.7. The number of ether oxygens (including phenoxy) is 1. The molecule has 0 aromatic carbocycles. The predicted molar refractivity (Wildman–Crippen MR) is 61.7 cm³/mol. The van der Waals surface area contributed by atoms with Crippen LogP contribution in [0.3, 0.4) is 0 Å². The molecule has 0 spiro atoms. The van der Waals surface area contributed by atoms with Crippen LogP contribution in [0.4, 0.5) is 0 Å². The van der Waals surface area contributed by atoms with E-state index in [1.165, 1.54) is 0 Å². The van der Waals surface area contributed by atoms with Gasteiger partial charge in [0, 0.05) is 0 Å². The number of nitrogens with two attached hydrogens (primary N) is 1. The summed E-state index contributed by atoms with van der Waals surface area (Å²) < 4.78 is 4.55. The fraction of sp³-hybridized carbons (Fsp3) is 0.556. The summed E-state index contributed by atoms with van der Waals surface area (Å²) in [7, 11) is 0. The number of hydrogen-bond donors (Lipinski definition) is 5. The molecule has 3 amide bonds. The first kappa shape index (κ1) is 16.8. The SMILES string of the molecule is NCC(=O)NCC(=O)NCC(=O)NCOCC(=O)O. The third-order valence-electron chi connectivity index (χ3n) is 1.67. The Labute approximate surface area is 108 Å². The molecule has 0 fully saturated rings. The first-order valence-corrected chi connectivity index (χ1v) is 5.25. The summed E-state index contributed by atoms with van der Waals surface area (Å²) in [5.41, 5.74) is 5.01. The molecule has 6 N–H and O–H groups in total. The number of hydrogen-bond acceptors (Lipinski definition) is 6. The molecule has 0 saturated carbocycles. The smallest absolute Gasteiger partial charge is 0.329 e. The summed E-state index contributed by atoms with van der Waals surface area (Å²) in [5.74, 6) is -2.74. The van der Waals surface area contributed by atoms with Gasteiger partial charge in [0.2, 0.25) is 17.7 Å². The van der Waals surface area contributed by atoms with E-state index >= 15 is 0 Å². The molecule has 0 heterocycles. The fourth-order valence-corrected chi connectivity index (χ4v) is 0.825. The molecular weight excluding hydrogens is 260 g/mol. The van der Waals surface area contributed by atoms with Crippen LogP contribution in [-0.2, 0) is 23.9 Å². The molecule has 0 atom stereocenters. The van der Waals surface area contributed by atoms with Crippen molar-refractivity contribution in [3.05, 3.63) is 0 Å². The Morgan fingerprint density at radius 1 is 0.947 bits per heavy atom. The van der Waals surface area contributed by atoms with E-state index in [9.17, 15) is 19.2 Å². The van der Waals surface area contributed by atoms with Crippen LogP contribution in [0.2, 0.25) is 0 Å². The lowest BCUT2D eigenvalue weighted by Crippen LogP contribution is -2.43. The van der Waals surface area contributed by atoms with Gasteiger partial charge in [0.1, 0.15) is 13.3 Å². The monoisotopic (exact) mass is 276 g/mol. The van der Waals surface area contributed by atoms with E-state index in [0.717, 1.165) is 0 Å². The van der Waals surface area contributed by atoms with Crippen molar-refractivity contribution >= 4 is 23.7 Å². The molecule has 0 saturated heterocycles. The molecule has 19 heavy (non-hydrogen) atoms. The van der Waals surface area contributed by atoms with Crippen LogP contribution >= 0.6 is 0 Å². The highest BCUT2D eigenvalue weighted by Gasteiger charge is 2.06. The van der Waals surface area contributed by atoms with E-state index in [1.54, 1.807) is 0 Å². The number of aliphatic carboxylic acids is 1. The highest BCUT2D eigenvalue weighted by molar-refractivity contribution is 5.88. The van der Waals surface area contributed by atoms with Crippen molar-refractivity contribution in [1.29, 1.82) is 0 Å². The summed E-state index contributed by atoms with van der Waals surface area (Å²) in [6.45, 7) is -1.62. The molecule has 0 aromatic heterocycles. The Hall–Kier alpha value is -2.20. The molecule has 10 nitrogen and oxygen atoms in total. The Kier molecular flexibility index (Phi) is 8.66. The van der Waals surface area contributed by atoms with Gasteiger partial charge in [0.05, 0.1) is 19.6 Å². The van der Waals surface area contributed by atoms with E-state index in [2.05, 4.69) is 20.7 Å². The highest BCUT2D eigenvalue weighted by atomic mass is 16.5. The molecule has 0 aliphatic heterocycles. The maximum atomic E-state index is 11.1. The quantitative estimate of drug-likeness (QED) is 0.214. The summed E-state index contributed by atoms with van der Waals surface area (Å²) in [6, 6.07) is 0. The standard InChI is InChI=1S/C9H16N4O6/c10-1-6(14)11-2-7(15)12-3-8(16)13-5-19-4-9(17)18/h1-5,10H2,(H,11,14)(H,12,15)(H,13,16)(H,17,18). The third-order valence-corrected chi connectivity index (χ3v) is 1.67. The lowest BCUT2D eigenvalue weighted by atomic mass is 10.5. The lowest BCUT2D eigenvalue weighted by Gasteiger charge is -2.07. The van der Waals surface area contributed by atoms with Crippen LogP contribution < -0.4 is 21.7 Å². The number of carbonyl (C=O) groups excluding carboxylic acids is 3. The number of amides is 3. The van der Waals surface area contributed by atoms with Crippen LogP contribution in [0.25, 0.3) is 0 Å². The maximum Gasteiger partial charge on any atom is 0.329 e. The van der Waals surface area contributed by atoms with Crippen molar-refractivity contribution in [2.75, 3.05) is 33.0 Å². The summed E-state index contributed by atoms with van der Waals surface area (Å²) in [4.78, 5) is 43.1. The minimum atomic E-state index is -1.15. The van der Waals surface area contributed by atoms with Crippen molar-refractivity contribution in [2.45, 2.75) is 0 Å². The van der Waals surface area contributed by atoms with E-state index in [-0.39, 0.29) is 26.4 Å². The van der Waals surface area contributed by atoms with Crippen molar-refractivity contribution in [2.24, 2.45) is 5.73 Å². The van der Waals surface area contributed by atoms with Crippen molar-refractivity contribution in [3.8, 4) is 0 Å².